The number of nitrogens with zero attached hydrogens (tertiary/aromatic N) is 1. The van der Waals surface area contributed by atoms with Crippen LogP contribution in [0.1, 0.15) is 22.0 Å². The average Bonchev–Trinajstić information content (AvgIpc) is 3.03. The minimum atomic E-state index is -0.214. The third-order valence-corrected chi connectivity index (χ3v) is 2.70. The molecule has 1 aromatic heterocycles. The van der Waals surface area contributed by atoms with Gasteiger partial charge in [-0.15, -0.1) is 0 Å². The first kappa shape index (κ1) is 11.6. The fraction of sp³-hybridized carbons (Fsp3) is 0.231. The Kier molecular flexibility index (Phi) is 2.83. The highest BCUT2D eigenvalue weighted by Gasteiger charge is 2.16. The fourth-order valence-corrected chi connectivity index (χ4v) is 1.78. The fourth-order valence-electron chi connectivity index (χ4n) is 1.78. The molecule has 2 heterocycles. The van der Waals surface area contributed by atoms with Crippen LogP contribution in [0.15, 0.2) is 28.8 Å². The maximum Gasteiger partial charge on any atom is 0.251 e. The maximum atomic E-state index is 11.9. The quantitative estimate of drug-likeness (QED) is 0.908. The van der Waals surface area contributed by atoms with Gasteiger partial charge in [0.2, 0.25) is 12.7 Å². The van der Waals surface area contributed by atoms with Crippen molar-refractivity contribution in [3.05, 3.63) is 41.6 Å². The predicted octanol–water partition coefficient (Wildman–Crippen LogP) is 1.64. The third kappa shape index (κ3) is 2.37. The van der Waals surface area contributed by atoms with E-state index in [1.807, 2.05) is 0 Å². The van der Waals surface area contributed by atoms with Crippen molar-refractivity contribution in [3.8, 4) is 11.5 Å². The summed E-state index contributed by atoms with van der Waals surface area (Å²) >= 11 is 0. The SMILES string of the molecule is Cc1cnc(CNC(=O)c2ccc3c(c2)OCO3)o1. The van der Waals surface area contributed by atoms with E-state index in [9.17, 15) is 4.79 Å². The Morgan fingerprint density at radius 3 is 3.00 bits per heavy atom. The summed E-state index contributed by atoms with van der Waals surface area (Å²) in [5.74, 6) is 2.22. The Bertz CT molecular complexity index is 621. The van der Waals surface area contributed by atoms with E-state index in [1.54, 1.807) is 31.3 Å². The molecule has 1 aliphatic rings. The summed E-state index contributed by atoms with van der Waals surface area (Å²) in [5, 5.41) is 2.73. The van der Waals surface area contributed by atoms with Gasteiger partial charge in [-0.1, -0.05) is 0 Å². The van der Waals surface area contributed by atoms with Gasteiger partial charge in [-0.2, -0.15) is 0 Å². The van der Waals surface area contributed by atoms with Crippen LogP contribution in [0.4, 0.5) is 0 Å². The maximum absolute atomic E-state index is 11.9. The van der Waals surface area contributed by atoms with Crippen LogP contribution in [0, 0.1) is 6.92 Å². The molecule has 1 aliphatic heterocycles. The van der Waals surface area contributed by atoms with Crippen LogP contribution in [0.3, 0.4) is 0 Å². The van der Waals surface area contributed by atoms with Crippen molar-refractivity contribution in [2.75, 3.05) is 6.79 Å². The van der Waals surface area contributed by atoms with Gasteiger partial charge < -0.3 is 19.2 Å². The van der Waals surface area contributed by atoms with Gasteiger partial charge >= 0.3 is 0 Å². The summed E-state index contributed by atoms with van der Waals surface area (Å²) in [6.45, 7) is 2.24. The Hall–Kier alpha value is -2.50. The number of fused-ring (bicyclic) bond motifs is 1. The first-order chi connectivity index (χ1) is 9.22. The van der Waals surface area contributed by atoms with Gasteiger partial charge in [0, 0.05) is 5.56 Å². The summed E-state index contributed by atoms with van der Waals surface area (Å²) in [6, 6.07) is 5.05. The van der Waals surface area contributed by atoms with Crippen molar-refractivity contribution in [1.82, 2.24) is 10.3 Å². The molecular weight excluding hydrogens is 248 g/mol. The Morgan fingerprint density at radius 1 is 1.37 bits per heavy atom. The lowest BCUT2D eigenvalue weighted by Gasteiger charge is -2.03. The van der Waals surface area contributed by atoms with Crippen LogP contribution in [0.2, 0.25) is 0 Å². The van der Waals surface area contributed by atoms with Crippen LogP contribution >= 0.6 is 0 Å². The number of carbonyl (C=O) groups excluding carboxylic acids is 1. The largest absolute Gasteiger partial charge is 0.454 e. The molecule has 2 aromatic rings. The van der Waals surface area contributed by atoms with Crippen molar-refractivity contribution in [2.24, 2.45) is 0 Å². The van der Waals surface area contributed by atoms with Gasteiger partial charge in [0.15, 0.2) is 11.5 Å². The van der Waals surface area contributed by atoms with E-state index in [2.05, 4.69) is 10.3 Å². The number of amides is 1. The molecule has 0 fully saturated rings. The number of hydrogen-bond donors (Lipinski definition) is 1. The van der Waals surface area contributed by atoms with Crippen LogP contribution in [-0.4, -0.2) is 17.7 Å². The van der Waals surface area contributed by atoms with E-state index < -0.39 is 0 Å². The van der Waals surface area contributed by atoms with E-state index in [-0.39, 0.29) is 19.2 Å². The summed E-state index contributed by atoms with van der Waals surface area (Å²) in [5.41, 5.74) is 0.507. The van der Waals surface area contributed by atoms with Gasteiger partial charge in [-0.3, -0.25) is 4.79 Å². The number of rotatable bonds is 3. The highest BCUT2D eigenvalue weighted by molar-refractivity contribution is 5.94. The van der Waals surface area contributed by atoms with Crippen molar-refractivity contribution in [3.63, 3.8) is 0 Å². The summed E-state index contributed by atoms with van der Waals surface area (Å²) in [7, 11) is 0. The van der Waals surface area contributed by atoms with E-state index in [0.717, 1.165) is 0 Å². The van der Waals surface area contributed by atoms with Crippen LogP contribution < -0.4 is 14.8 Å². The molecule has 6 heteroatoms. The molecule has 1 aromatic carbocycles. The molecule has 0 spiro atoms. The Balaban J connectivity index is 1.67. The number of aromatic nitrogens is 1. The molecule has 0 radical (unpaired) electrons. The molecule has 1 N–H and O–H groups in total. The highest BCUT2D eigenvalue weighted by Crippen LogP contribution is 2.32. The van der Waals surface area contributed by atoms with E-state index in [1.165, 1.54) is 0 Å². The molecule has 0 unspecified atom stereocenters. The van der Waals surface area contributed by atoms with Gasteiger partial charge in [0.1, 0.15) is 5.76 Å². The lowest BCUT2D eigenvalue weighted by molar-refractivity contribution is 0.0946. The second-order valence-corrected chi connectivity index (χ2v) is 4.12. The molecule has 3 rings (SSSR count). The number of benzene rings is 1. The second-order valence-electron chi connectivity index (χ2n) is 4.12. The van der Waals surface area contributed by atoms with Gasteiger partial charge in [-0.05, 0) is 25.1 Å². The van der Waals surface area contributed by atoms with Crippen molar-refractivity contribution < 1.29 is 18.7 Å². The Labute approximate surface area is 109 Å². The predicted molar refractivity (Wildman–Crippen MR) is 65.0 cm³/mol. The van der Waals surface area contributed by atoms with Gasteiger partial charge in [-0.25, -0.2) is 4.98 Å². The Morgan fingerprint density at radius 2 is 2.21 bits per heavy atom. The van der Waals surface area contributed by atoms with E-state index >= 15 is 0 Å². The van der Waals surface area contributed by atoms with Crippen LogP contribution in [0.5, 0.6) is 11.5 Å². The minimum absolute atomic E-state index is 0.190. The smallest absolute Gasteiger partial charge is 0.251 e. The lowest BCUT2D eigenvalue weighted by Crippen LogP contribution is -2.22. The number of aryl methyl sites for hydroxylation is 1. The molecule has 0 aliphatic carbocycles. The number of carbonyl (C=O) groups is 1. The van der Waals surface area contributed by atoms with Crippen molar-refractivity contribution >= 4 is 5.91 Å². The topological polar surface area (TPSA) is 73.6 Å². The minimum Gasteiger partial charge on any atom is -0.454 e. The van der Waals surface area contributed by atoms with Crippen LogP contribution in [0.25, 0.3) is 0 Å². The normalized spacial score (nSPS) is 12.5. The lowest BCUT2D eigenvalue weighted by atomic mass is 10.2. The molecule has 0 atom stereocenters. The molecule has 0 saturated carbocycles. The van der Waals surface area contributed by atoms with Gasteiger partial charge in [0.05, 0.1) is 12.7 Å². The highest BCUT2D eigenvalue weighted by atomic mass is 16.7. The molecular formula is C13H12N2O4. The summed E-state index contributed by atoms with van der Waals surface area (Å²) in [4.78, 5) is 16.0. The van der Waals surface area contributed by atoms with E-state index in [4.69, 9.17) is 13.9 Å². The molecule has 6 nitrogen and oxygen atoms in total. The molecule has 1 amide bonds. The van der Waals surface area contributed by atoms with E-state index in [0.29, 0.717) is 28.7 Å². The molecule has 0 bridgehead atoms. The number of ether oxygens (including phenoxy) is 2. The monoisotopic (exact) mass is 260 g/mol. The zero-order valence-electron chi connectivity index (χ0n) is 10.3. The second kappa shape index (κ2) is 4.64. The zero-order valence-corrected chi connectivity index (χ0v) is 10.3. The third-order valence-electron chi connectivity index (χ3n) is 2.70. The molecule has 98 valence electrons. The van der Waals surface area contributed by atoms with Gasteiger partial charge in [0.25, 0.3) is 5.91 Å². The standard InChI is InChI=1S/C13H12N2O4/c1-8-5-14-12(19-8)6-15-13(16)9-2-3-10-11(4-9)18-7-17-10/h2-5H,6-7H2,1H3,(H,15,16). The van der Waals surface area contributed by atoms with Crippen molar-refractivity contribution in [2.45, 2.75) is 13.5 Å². The molecule has 0 saturated heterocycles. The van der Waals surface area contributed by atoms with Crippen LogP contribution in [-0.2, 0) is 6.54 Å². The number of oxazole rings is 1. The molecule has 19 heavy (non-hydrogen) atoms. The van der Waals surface area contributed by atoms with Crippen molar-refractivity contribution in [1.29, 1.82) is 0 Å². The number of hydrogen-bond acceptors (Lipinski definition) is 5. The first-order valence-electron chi connectivity index (χ1n) is 5.81. The summed E-state index contributed by atoms with van der Waals surface area (Å²) in [6.07, 6.45) is 1.61. The summed E-state index contributed by atoms with van der Waals surface area (Å²) < 4.78 is 15.7. The first-order valence-corrected chi connectivity index (χ1v) is 5.81. The zero-order chi connectivity index (χ0) is 13.2. The average molecular weight is 260 g/mol. The number of nitrogens with one attached hydrogen (secondary N) is 1.